The molecule has 0 aromatic heterocycles. The molecule has 1 saturated heterocycles. The molecule has 2 aliphatic rings. The fraction of sp³-hybridized carbons (Fsp3) is 0.929. The van der Waals surface area contributed by atoms with Gasteiger partial charge in [-0.1, -0.05) is 12.8 Å². The number of carbonyl (C=O) groups is 1. The Morgan fingerprint density at radius 3 is 2.37 bits per heavy atom. The second-order valence-corrected chi connectivity index (χ2v) is 5.78. The molecule has 2 atom stereocenters. The predicted octanol–water partition coefficient (Wildman–Crippen LogP) is 2.98. The number of nitrogens with zero attached hydrogens (tertiary/aromatic N) is 1. The van der Waals surface area contributed by atoms with Crippen molar-refractivity contribution in [2.75, 3.05) is 13.1 Å². The summed E-state index contributed by atoms with van der Waals surface area (Å²) in [5, 5.41) is 0. The largest absolute Gasteiger partial charge is 0.456 e. The highest BCUT2D eigenvalue weighted by atomic mass is 19.3. The number of hydrogen-bond acceptors (Lipinski definition) is 3. The van der Waals surface area contributed by atoms with E-state index in [0.717, 1.165) is 45.2 Å². The lowest BCUT2D eigenvalue weighted by Crippen LogP contribution is -2.50. The maximum absolute atomic E-state index is 13.0. The molecule has 1 aliphatic carbocycles. The molecule has 0 bridgehead atoms. The van der Waals surface area contributed by atoms with Crippen LogP contribution in [0.4, 0.5) is 8.78 Å². The first kappa shape index (κ1) is 14.7. The summed E-state index contributed by atoms with van der Waals surface area (Å²) in [6.45, 7) is 2.61. The van der Waals surface area contributed by atoms with E-state index in [9.17, 15) is 13.6 Å². The van der Waals surface area contributed by atoms with Gasteiger partial charge >= 0.3 is 11.9 Å². The number of rotatable bonds is 3. The number of piperidine rings is 1. The minimum absolute atomic E-state index is 0.139. The van der Waals surface area contributed by atoms with Crippen LogP contribution >= 0.6 is 0 Å². The van der Waals surface area contributed by atoms with Gasteiger partial charge in [-0.15, -0.1) is 0 Å². The van der Waals surface area contributed by atoms with Gasteiger partial charge < -0.3 is 4.74 Å². The monoisotopic (exact) mass is 275 g/mol. The number of alkyl halides is 2. The molecular weight excluding hydrogens is 252 g/mol. The molecule has 2 rings (SSSR count). The molecule has 0 aromatic carbocycles. The molecular formula is C14H23F2NO2. The Bertz CT molecular complexity index is 311. The number of halogens is 2. The number of esters is 1. The summed E-state index contributed by atoms with van der Waals surface area (Å²) >= 11 is 0. The normalized spacial score (nSPS) is 30.1. The molecule has 2 fully saturated rings. The van der Waals surface area contributed by atoms with E-state index in [1.165, 1.54) is 6.42 Å². The number of likely N-dealkylation sites (tertiary alicyclic amines) is 1. The topological polar surface area (TPSA) is 29.5 Å². The van der Waals surface area contributed by atoms with Crippen LogP contribution in [-0.4, -0.2) is 42.0 Å². The molecule has 0 N–H and O–H groups in total. The van der Waals surface area contributed by atoms with Crippen molar-refractivity contribution in [3.63, 3.8) is 0 Å². The van der Waals surface area contributed by atoms with E-state index >= 15 is 0 Å². The number of carbonyl (C=O) groups excluding carboxylic acids is 1. The molecule has 5 heteroatoms. The highest BCUT2D eigenvalue weighted by Crippen LogP contribution is 2.29. The zero-order chi connectivity index (χ0) is 13.9. The first-order valence-corrected chi connectivity index (χ1v) is 7.31. The SMILES string of the molecule is CC(F)(F)C(=O)OC1CCCCC1N1CCCCC1. The van der Waals surface area contributed by atoms with Crippen LogP contribution in [0.3, 0.4) is 0 Å². The van der Waals surface area contributed by atoms with E-state index < -0.39 is 11.9 Å². The van der Waals surface area contributed by atoms with Gasteiger partial charge in [0.2, 0.25) is 0 Å². The van der Waals surface area contributed by atoms with E-state index in [2.05, 4.69) is 4.90 Å². The maximum atomic E-state index is 13.0. The molecule has 2 unspecified atom stereocenters. The lowest BCUT2D eigenvalue weighted by Gasteiger charge is -2.41. The minimum Gasteiger partial charge on any atom is -0.456 e. The molecule has 3 nitrogen and oxygen atoms in total. The van der Waals surface area contributed by atoms with Gasteiger partial charge in [0.05, 0.1) is 0 Å². The van der Waals surface area contributed by atoms with Gasteiger partial charge in [0, 0.05) is 13.0 Å². The molecule has 0 amide bonds. The van der Waals surface area contributed by atoms with Crippen LogP contribution < -0.4 is 0 Å². The van der Waals surface area contributed by atoms with Crippen molar-refractivity contribution >= 4 is 5.97 Å². The van der Waals surface area contributed by atoms with E-state index in [0.29, 0.717) is 13.3 Å². The van der Waals surface area contributed by atoms with Crippen molar-refractivity contribution in [1.82, 2.24) is 4.90 Å². The Hall–Kier alpha value is -0.710. The van der Waals surface area contributed by atoms with Crippen LogP contribution in [0.5, 0.6) is 0 Å². The van der Waals surface area contributed by atoms with Gasteiger partial charge in [0.15, 0.2) is 0 Å². The Labute approximate surface area is 113 Å². The number of ether oxygens (including phenoxy) is 1. The standard InChI is InChI=1S/C14H23F2NO2/c1-14(15,16)13(18)19-12-8-4-3-7-11(12)17-9-5-2-6-10-17/h11-12H,2-10H2,1H3. The predicted molar refractivity (Wildman–Crippen MR) is 68.2 cm³/mol. The highest BCUT2D eigenvalue weighted by molar-refractivity contribution is 5.77. The summed E-state index contributed by atoms with van der Waals surface area (Å²) in [5.74, 6) is -4.76. The van der Waals surface area contributed by atoms with Crippen LogP contribution in [0.15, 0.2) is 0 Å². The third kappa shape index (κ3) is 3.88. The molecule has 0 radical (unpaired) electrons. The average molecular weight is 275 g/mol. The van der Waals surface area contributed by atoms with Crippen LogP contribution in [0.25, 0.3) is 0 Å². The average Bonchev–Trinajstić information content (AvgIpc) is 2.39. The van der Waals surface area contributed by atoms with Crippen molar-refractivity contribution in [2.24, 2.45) is 0 Å². The maximum Gasteiger partial charge on any atom is 0.376 e. The van der Waals surface area contributed by atoms with Crippen LogP contribution in [-0.2, 0) is 9.53 Å². The van der Waals surface area contributed by atoms with Crippen molar-refractivity contribution in [1.29, 1.82) is 0 Å². The van der Waals surface area contributed by atoms with Gasteiger partial charge in [0.25, 0.3) is 0 Å². The van der Waals surface area contributed by atoms with Crippen LogP contribution in [0.2, 0.25) is 0 Å². The van der Waals surface area contributed by atoms with E-state index in [1.807, 2.05) is 0 Å². The summed E-state index contributed by atoms with van der Waals surface area (Å²) in [6, 6.07) is 0.139. The summed E-state index contributed by atoms with van der Waals surface area (Å²) < 4.78 is 31.0. The Kier molecular flexibility index (Phi) is 4.76. The van der Waals surface area contributed by atoms with Gasteiger partial charge in [0.1, 0.15) is 6.10 Å². The Morgan fingerprint density at radius 2 is 1.74 bits per heavy atom. The first-order chi connectivity index (χ1) is 8.98. The zero-order valence-corrected chi connectivity index (χ0v) is 11.5. The van der Waals surface area contributed by atoms with E-state index in [4.69, 9.17) is 4.74 Å². The molecule has 1 saturated carbocycles. The molecule has 110 valence electrons. The minimum atomic E-state index is -3.39. The summed E-state index contributed by atoms with van der Waals surface area (Å²) in [7, 11) is 0. The quantitative estimate of drug-likeness (QED) is 0.742. The van der Waals surface area contributed by atoms with Gasteiger partial charge in [-0.25, -0.2) is 4.79 Å². The van der Waals surface area contributed by atoms with Gasteiger partial charge in [-0.2, -0.15) is 8.78 Å². The second-order valence-electron chi connectivity index (χ2n) is 5.78. The van der Waals surface area contributed by atoms with Crippen molar-refractivity contribution in [3.05, 3.63) is 0 Å². The lowest BCUT2D eigenvalue weighted by atomic mass is 9.90. The number of hydrogen-bond donors (Lipinski definition) is 0. The molecule has 0 spiro atoms. The smallest absolute Gasteiger partial charge is 0.376 e. The third-order valence-electron chi connectivity index (χ3n) is 4.14. The fourth-order valence-corrected chi connectivity index (χ4v) is 3.12. The molecule has 1 aliphatic heterocycles. The fourth-order valence-electron chi connectivity index (χ4n) is 3.12. The summed E-state index contributed by atoms with van der Waals surface area (Å²) in [6.07, 6.45) is 6.90. The van der Waals surface area contributed by atoms with Crippen LogP contribution in [0.1, 0.15) is 51.9 Å². The lowest BCUT2D eigenvalue weighted by molar-refractivity contribution is -0.180. The Morgan fingerprint density at radius 1 is 1.11 bits per heavy atom. The van der Waals surface area contributed by atoms with Crippen molar-refractivity contribution < 1.29 is 18.3 Å². The summed E-state index contributed by atoms with van der Waals surface area (Å²) in [4.78, 5) is 13.7. The van der Waals surface area contributed by atoms with Crippen LogP contribution in [0, 0.1) is 0 Å². The van der Waals surface area contributed by atoms with Crippen molar-refractivity contribution in [3.8, 4) is 0 Å². The van der Waals surface area contributed by atoms with Gasteiger partial charge in [-0.3, -0.25) is 4.90 Å². The molecule has 1 heterocycles. The van der Waals surface area contributed by atoms with Gasteiger partial charge in [-0.05, 0) is 45.2 Å². The third-order valence-corrected chi connectivity index (χ3v) is 4.14. The van der Waals surface area contributed by atoms with E-state index in [1.54, 1.807) is 0 Å². The summed E-state index contributed by atoms with van der Waals surface area (Å²) in [5.41, 5.74) is 0. The second kappa shape index (κ2) is 6.16. The Balaban J connectivity index is 1.97. The highest BCUT2D eigenvalue weighted by Gasteiger charge is 2.40. The molecule has 19 heavy (non-hydrogen) atoms. The molecule has 0 aromatic rings. The van der Waals surface area contributed by atoms with Crippen molar-refractivity contribution in [2.45, 2.75) is 69.9 Å². The van der Waals surface area contributed by atoms with E-state index in [-0.39, 0.29) is 12.1 Å². The zero-order valence-electron chi connectivity index (χ0n) is 11.5. The first-order valence-electron chi connectivity index (χ1n) is 7.31.